The molecule has 0 bridgehead atoms. The van der Waals surface area contributed by atoms with E-state index in [2.05, 4.69) is 82.1 Å². The third kappa shape index (κ3) is 5.09. The Labute approximate surface area is 153 Å². The van der Waals surface area contributed by atoms with Gasteiger partial charge in [0.2, 0.25) is 0 Å². The van der Waals surface area contributed by atoms with E-state index in [-0.39, 0.29) is 0 Å². The van der Waals surface area contributed by atoms with Crippen molar-refractivity contribution in [3.05, 3.63) is 64.7 Å². The second-order valence-corrected chi connectivity index (χ2v) is 7.40. The van der Waals surface area contributed by atoms with Crippen LogP contribution >= 0.6 is 0 Å². The lowest BCUT2D eigenvalue weighted by Crippen LogP contribution is -2.17. The summed E-state index contributed by atoms with van der Waals surface area (Å²) in [5.74, 6) is 1.27. The van der Waals surface area contributed by atoms with Crippen LogP contribution in [-0.4, -0.2) is 17.1 Å². The summed E-state index contributed by atoms with van der Waals surface area (Å²) in [5, 5.41) is 10.8. The summed E-state index contributed by atoms with van der Waals surface area (Å²) in [4.78, 5) is 2.34. The maximum absolute atomic E-state index is 10.8. The van der Waals surface area contributed by atoms with Gasteiger partial charge in [0.25, 0.3) is 0 Å². The summed E-state index contributed by atoms with van der Waals surface area (Å²) < 4.78 is 0. The highest BCUT2D eigenvalue weighted by Crippen LogP contribution is 2.37. The molecule has 2 nitrogen and oxygen atoms in total. The van der Waals surface area contributed by atoms with E-state index in [9.17, 15) is 5.11 Å². The molecule has 2 aromatic rings. The maximum Gasteiger partial charge on any atom is 0.122 e. The molecule has 0 aromatic heterocycles. The number of phenolic OH excluding ortho intramolecular Hbond substituents is 1. The molecule has 0 amide bonds. The zero-order valence-electron chi connectivity index (χ0n) is 16.4. The van der Waals surface area contributed by atoms with Crippen molar-refractivity contribution in [2.75, 3.05) is 7.05 Å². The molecule has 25 heavy (non-hydrogen) atoms. The van der Waals surface area contributed by atoms with Crippen LogP contribution in [0.15, 0.2) is 42.5 Å². The number of hydrogen-bond acceptors (Lipinski definition) is 2. The molecule has 2 aromatic carbocycles. The van der Waals surface area contributed by atoms with Crippen molar-refractivity contribution in [1.82, 2.24) is 4.90 Å². The van der Waals surface area contributed by atoms with Crippen molar-refractivity contribution in [2.24, 2.45) is 0 Å². The lowest BCUT2D eigenvalue weighted by atomic mass is 9.88. The van der Waals surface area contributed by atoms with Gasteiger partial charge in [-0.25, -0.2) is 0 Å². The van der Waals surface area contributed by atoms with E-state index in [1.165, 1.54) is 11.1 Å². The van der Waals surface area contributed by atoms with Gasteiger partial charge in [0.15, 0.2) is 0 Å². The van der Waals surface area contributed by atoms with Crippen LogP contribution in [0.1, 0.15) is 74.6 Å². The lowest BCUT2D eigenvalue weighted by molar-refractivity contribution is 0.318. The van der Waals surface area contributed by atoms with Gasteiger partial charge in [-0.1, -0.05) is 70.2 Å². The lowest BCUT2D eigenvalue weighted by Gasteiger charge is -2.22. The molecule has 0 fully saturated rings. The Morgan fingerprint density at radius 1 is 0.840 bits per heavy atom. The van der Waals surface area contributed by atoms with E-state index in [1.807, 2.05) is 0 Å². The van der Waals surface area contributed by atoms with Crippen LogP contribution in [0.25, 0.3) is 0 Å². The fourth-order valence-electron chi connectivity index (χ4n) is 3.29. The molecule has 0 aliphatic carbocycles. The van der Waals surface area contributed by atoms with E-state index >= 15 is 0 Å². The number of hydrogen-bond donors (Lipinski definition) is 1. The second-order valence-electron chi connectivity index (χ2n) is 7.40. The SMILES string of the molecule is CCC(C)c1cc(CN(C)Cc2ccccc2)cc(C(C)CC)c1O. The van der Waals surface area contributed by atoms with Crippen LogP contribution < -0.4 is 0 Å². The molecule has 0 aliphatic rings. The van der Waals surface area contributed by atoms with Gasteiger partial charge >= 0.3 is 0 Å². The number of benzene rings is 2. The van der Waals surface area contributed by atoms with Crippen molar-refractivity contribution in [2.45, 2.75) is 65.5 Å². The van der Waals surface area contributed by atoms with Crippen LogP contribution in [0, 0.1) is 0 Å². The first-order valence-electron chi connectivity index (χ1n) is 9.54. The topological polar surface area (TPSA) is 23.5 Å². The van der Waals surface area contributed by atoms with Gasteiger partial charge < -0.3 is 5.11 Å². The number of phenols is 1. The van der Waals surface area contributed by atoms with Gasteiger partial charge in [0, 0.05) is 13.1 Å². The van der Waals surface area contributed by atoms with Gasteiger partial charge in [-0.15, -0.1) is 0 Å². The van der Waals surface area contributed by atoms with Crippen molar-refractivity contribution >= 4 is 0 Å². The molecule has 136 valence electrons. The molecule has 0 heterocycles. The first-order valence-corrected chi connectivity index (χ1v) is 9.54. The van der Waals surface area contributed by atoms with Crippen LogP contribution in [0.4, 0.5) is 0 Å². The number of aromatic hydroxyl groups is 1. The normalized spacial score (nSPS) is 13.8. The molecular formula is C23H33NO. The minimum Gasteiger partial charge on any atom is -0.507 e. The van der Waals surface area contributed by atoms with Crippen LogP contribution in [0.5, 0.6) is 5.75 Å². The van der Waals surface area contributed by atoms with Crippen molar-refractivity contribution in [1.29, 1.82) is 0 Å². The fourth-order valence-corrected chi connectivity index (χ4v) is 3.29. The molecule has 0 aliphatic heterocycles. The smallest absolute Gasteiger partial charge is 0.122 e. The molecule has 1 N–H and O–H groups in total. The summed E-state index contributed by atoms with van der Waals surface area (Å²) in [6, 6.07) is 15.0. The van der Waals surface area contributed by atoms with E-state index in [1.54, 1.807) is 0 Å². The third-order valence-electron chi connectivity index (χ3n) is 5.26. The molecule has 2 rings (SSSR count). The van der Waals surface area contributed by atoms with Crippen LogP contribution in [0.3, 0.4) is 0 Å². The molecule has 0 radical (unpaired) electrons. The molecule has 2 unspecified atom stereocenters. The van der Waals surface area contributed by atoms with Gasteiger partial charge in [0.1, 0.15) is 5.75 Å². The Hall–Kier alpha value is -1.80. The Balaban J connectivity index is 2.26. The predicted molar refractivity (Wildman–Crippen MR) is 107 cm³/mol. The number of rotatable bonds is 8. The van der Waals surface area contributed by atoms with Crippen molar-refractivity contribution in [3.8, 4) is 5.75 Å². The van der Waals surface area contributed by atoms with E-state index in [0.717, 1.165) is 37.1 Å². The largest absolute Gasteiger partial charge is 0.507 e. The molecule has 0 spiro atoms. The first-order chi connectivity index (χ1) is 12.0. The molecule has 2 heteroatoms. The average Bonchev–Trinajstić information content (AvgIpc) is 2.62. The summed E-state index contributed by atoms with van der Waals surface area (Å²) in [7, 11) is 2.16. The minimum absolute atomic E-state index is 0.377. The van der Waals surface area contributed by atoms with E-state index < -0.39 is 0 Å². The Bertz CT molecular complexity index is 634. The summed E-state index contributed by atoms with van der Waals surface area (Å²) >= 11 is 0. The first kappa shape index (κ1) is 19.5. The molecule has 0 saturated carbocycles. The van der Waals surface area contributed by atoms with Crippen LogP contribution in [0.2, 0.25) is 0 Å². The fraction of sp³-hybridized carbons (Fsp3) is 0.478. The zero-order chi connectivity index (χ0) is 18.4. The van der Waals surface area contributed by atoms with Crippen molar-refractivity contribution in [3.63, 3.8) is 0 Å². The average molecular weight is 340 g/mol. The van der Waals surface area contributed by atoms with Gasteiger partial charge in [-0.3, -0.25) is 4.90 Å². The quantitative estimate of drug-likeness (QED) is 0.632. The second kappa shape index (κ2) is 9.05. The summed E-state index contributed by atoms with van der Waals surface area (Å²) in [5.41, 5.74) is 4.82. The standard InChI is InChI=1S/C23H33NO/c1-6-17(3)21-13-20(14-22(23(21)25)18(4)7-2)16-24(5)15-19-11-9-8-10-12-19/h8-14,17-18,25H,6-7,15-16H2,1-5H3. The van der Waals surface area contributed by atoms with Gasteiger partial charge in [-0.2, -0.15) is 0 Å². The maximum atomic E-state index is 10.8. The van der Waals surface area contributed by atoms with Crippen molar-refractivity contribution < 1.29 is 5.11 Å². The van der Waals surface area contributed by atoms with E-state index in [4.69, 9.17) is 0 Å². The van der Waals surface area contributed by atoms with Crippen LogP contribution in [-0.2, 0) is 13.1 Å². The Morgan fingerprint density at radius 3 is 1.80 bits per heavy atom. The highest BCUT2D eigenvalue weighted by Gasteiger charge is 2.18. The number of nitrogens with zero attached hydrogens (tertiary/aromatic N) is 1. The predicted octanol–water partition coefficient (Wildman–Crippen LogP) is 6.05. The van der Waals surface area contributed by atoms with Gasteiger partial charge in [0.05, 0.1) is 0 Å². The molecule has 0 saturated heterocycles. The monoisotopic (exact) mass is 339 g/mol. The zero-order valence-corrected chi connectivity index (χ0v) is 16.4. The van der Waals surface area contributed by atoms with E-state index in [0.29, 0.717) is 17.6 Å². The highest BCUT2D eigenvalue weighted by atomic mass is 16.3. The van der Waals surface area contributed by atoms with Gasteiger partial charge in [-0.05, 0) is 54.0 Å². The Morgan fingerprint density at radius 2 is 1.32 bits per heavy atom. The summed E-state index contributed by atoms with van der Waals surface area (Å²) in [6.45, 7) is 10.6. The third-order valence-corrected chi connectivity index (χ3v) is 5.26. The molecule has 2 atom stereocenters. The molecular weight excluding hydrogens is 306 g/mol. The Kier molecular flexibility index (Phi) is 7.07. The highest BCUT2D eigenvalue weighted by molar-refractivity contribution is 5.47. The summed E-state index contributed by atoms with van der Waals surface area (Å²) in [6.07, 6.45) is 2.08. The minimum atomic E-state index is 0.377.